The summed E-state index contributed by atoms with van der Waals surface area (Å²) in [6.45, 7) is 14.2. The monoisotopic (exact) mass is 527 g/mol. The Hall–Kier alpha value is -1.35. The maximum Gasteiger partial charge on any atom is 0.236 e. The van der Waals surface area contributed by atoms with Gasteiger partial charge in [0, 0.05) is 52.4 Å². The van der Waals surface area contributed by atoms with Gasteiger partial charge >= 0.3 is 0 Å². The SMILES string of the molecule is CCNC(=NCCc1cc(C)cc(C)c1)N1CCN(CC(=O)N2CCCC2)CC1.I. The summed E-state index contributed by atoms with van der Waals surface area (Å²) in [5.41, 5.74) is 3.98. The van der Waals surface area contributed by atoms with Gasteiger partial charge in [-0.25, -0.2) is 0 Å². The van der Waals surface area contributed by atoms with Gasteiger partial charge < -0.3 is 15.1 Å². The smallest absolute Gasteiger partial charge is 0.236 e. The zero-order valence-corrected chi connectivity index (χ0v) is 21.2. The summed E-state index contributed by atoms with van der Waals surface area (Å²) in [5, 5.41) is 3.44. The second kappa shape index (κ2) is 12.5. The minimum Gasteiger partial charge on any atom is -0.357 e. The number of nitrogens with zero attached hydrogens (tertiary/aromatic N) is 4. The summed E-state index contributed by atoms with van der Waals surface area (Å²) in [5.74, 6) is 1.30. The maximum atomic E-state index is 12.4. The molecule has 0 atom stereocenters. The van der Waals surface area contributed by atoms with Crippen molar-refractivity contribution in [1.82, 2.24) is 20.0 Å². The van der Waals surface area contributed by atoms with E-state index in [4.69, 9.17) is 4.99 Å². The third kappa shape index (κ3) is 7.41. The molecule has 1 amide bonds. The number of hydrogen-bond acceptors (Lipinski definition) is 3. The van der Waals surface area contributed by atoms with Crippen LogP contribution in [0.25, 0.3) is 0 Å². The Bertz CT molecular complexity index is 689. The van der Waals surface area contributed by atoms with Gasteiger partial charge in [0.1, 0.15) is 0 Å². The summed E-state index contributed by atoms with van der Waals surface area (Å²) in [4.78, 5) is 23.9. The first-order valence-corrected chi connectivity index (χ1v) is 11.2. The summed E-state index contributed by atoms with van der Waals surface area (Å²) in [7, 11) is 0. The predicted octanol–water partition coefficient (Wildman–Crippen LogP) is 2.67. The minimum absolute atomic E-state index is 0. The largest absolute Gasteiger partial charge is 0.357 e. The van der Waals surface area contributed by atoms with Gasteiger partial charge in [0.05, 0.1) is 6.54 Å². The molecule has 2 saturated heterocycles. The average molecular weight is 527 g/mol. The van der Waals surface area contributed by atoms with Gasteiger partial charge in [-0.3, -0.25) is 14.7 Å². The van der Waals surface area contributed by atoms with E-state index < -0.39 is 0 Å². The third-order valence-corrected chi connectivity index (χ3v) is 5.77. The molecule has 30 heavy (non-hydrogen) atoms. The van der Waals surface area contributed by atoms with Crippen molar-refractivity contribution < 1.29 is 4.79 Å². The van der Waals surface area contributed by atoms with Crippen molar-refractivity contribution in [3.05, 3.63) is 34.9 Å². The van der Waals surface area contributed by atoms with E-state index in [2.05, 4.69) is 54.1 Å². The van der Waals surface area contributed by atoms with E-state index in [0.29, 0.717) is 12.5 Å². The number of carbonyl (C=O) groups is 1. The van der Waals surface area contributed by atoms with Crippen LogP contribution in [0.3, 0.4) is 0 Å². The lowest BCUT2D eigenvalue weighted by molar-refractivity contribution is -0.131. The average Bonchev–Trinajstić information content (AvgIpc) is 3.22. The zero-order chi connectivity index (χ0) is 20.6. The lowest BCUT2D eigenvalue weighted by atomic mass is 10.1. The number of likely N-dealkylation sites (tertiary alicyclic amines) is 1. The number of aryl methyl sites for hydroxylation is 2. The Balaban J connectivity index is 0.00000320. The first-order chi connectivity index (χ1) is 14.0. The molecular weight excluding hydrogens is 489 g/mol. The third-order valence-electron chi connectivity index (χ3n) is 5.77. The van der Waals surface area contributed by atoms with E-state index in [9.17, 15) is 4.79 Å². The van der Waals surface area contributed by atoms with Crippen LogP contribution in [0.5, 0.6) is 0 Å². The highest BCUT2D eigenvalue weighted by Gasteiger charge is 2.24. The van der Waals surface area contributed by atoms with Crippen molar-refractivity contribution in [1.29, 1.82) is 0 Å². The van der Waals surface area contributed by atoms with Crippen molar-refractivity contribution in [2.45, 2.75) is 40.0 Å². The van der Waals surface area contributed by atoms with Crippen molar-refractivity contribution in [3.63, 3.8) is 0 Å². The van der Waals surface area contributed by atoms with Crippen LogP contribution in [0.2, 0.25) is 0 Å². The molecule has 1 N–H and O–H groups in total. The molecular formula is C23H38IN5O. The first kappa shape index (κ1) is 24.9. The van der Waals surface area contributed by atoms with Gasteiger partial charge in [-0.1, -0.05) is 29.3 Å². The number of guanidine groups is 1. The minimum atomic E-state index is 0. The van der Waals surface area contributed by atoms with Gasteiger partial charge in [0.2, 0.25) is 5.91 Å². The molecule has 1 aromatic rings. The fourth-order valence-electron chi connectivity index (χ4n) is 4.31. The molecule has 3 rings (SSSR count). The molecule has 2 aliphatic rings. The van der Waals surface area contributed by atoms with Crippen LogP contribution in [0.15, 0.2) is 23.2 Å². The van der Waals surface area contributed by atoms with Gasteiger partial charge in [0.25, 0.3) is 0 Å². The highest BCUT2D eigenvalue weighted by Crippen LogP contribution is 2.11. The molecule has 0 radical (unpaired) electrons. The van der Waals surface area contributed by atoms with E-state index in [0.717, 1.165) is 77.6 Å². The molecule has 0 aliphatic carbocycles. The number of nitrogens with one attached hydrogen (secondary N) is 1. The van der Waals surface area contributed by atoms with Crippen LogP contribution in [0.1, 0.15) is 36.5 Å². The maximum absolute atomic E-state index is 12.4. The molecule has 7 heteroatoms. The quantitative estimate of drug-likeness (QED) is 0.351. The molecule has 1 aromatic carbocycles. The fraction of sp³-hybridized carbons (Fsp3) is 0.652. The molecule has 2 heterocycles. The fourth-order valence-corrected chi connectivity index (χ4v) is 4.31. The zero-order valence-electron chi connectivity index (χ0n) is 18.8. The van der Waals surface area contributed by atoms with E-state index in [-0.39, 0.29) is 24.0 Å². The van der Waals surface area contributed by atoms with Gasteiger partial charge in [-0.05, 0) is 45.6 Å². The lowest BCUT2D eigenvalue weighted by Crippen LogP contribution is -2.54. The normalized spacial score (nSPS) is 17.8. The summed E-state index contributed by atoms with van der Waals surface area (Å²) < 4.78 is 0. The molecule has 2 aliphatic heterocycles. The number of amides is 1. The second-order valence-corrected chi connectivity index (χ2v) is 8.33. The van der Waals surface area contributed by atoms with Crippen molar-refractivity contribution >= 4 is 35.8 Å². The van der Waals surface area contributed by atoms with Gasteiger partial charge in [-0.2, -0.15) is 0 Å². The highest BCUT2D eigenvalue weighted by molar-refractivity contribution is 14.0. The molecule has 0 spiro atoms. The van der Waals surface area contributed by atoms with Crippen molar-refractivity contribution in [3.8, 4) is 0 Å². The second-order valence-electron chi connectivity index (χ2n) is 8.33. The molecule has 2 fully saturated rings. The highest BCUT2D eigenvalue weighted by atomic mass is 127. The Morgan fingerprint density at radius 2 is 1.60 bits per heavy atom. The molecule has 0 aromatic heterocycles. The molecule has 0 bridgehead atoms. The Morgan fingerprint density at radius 3 is 2.20 bits per heavy atom. The number of rotatable bonds is 6. The molecule has 6 nitrogen and oxygen atoms in total. The Morgan fingerprint density at radius 1 is 0.967 bits per heavy atom. The van der Waals surface area contributed by atoms with E-state index in [1.807, 2.05) is 4.90 Å². The molecule has 168 valence electrons. The van der Waals surface area contributed by atoms with Crippen LogP contribution >= 0.6 is 24.0 Å². The predicted molar refractivity (Wildman–Crippen MR) is 135 cm³/mol. The van der Waals surface area contributed by atoms with Crippen LogP contribution in [0, 0.1) is 13.8 Å². The van der Waals surface area contributed by atoms with Crippen LogP contribution < -0.4 is 5.32 Å². The number of benzene rings is 1. The number of piperazine rings is 1. The Labute approximate surface area is 199 Å². The van der Waals surface area contributed by atoms with Gasteiger partial charge in [-0.15, -0.1) is 24.0 Å². The van der Waals surface area contributed by atoms with Crippen molar-refractivity contribution in [2.75, 3.05) is 58.9 Å². The van der Waals surface area contributed by atoms with E-state index in [1.54, 1.807) is 0 Å². The lowest BCUT2D eigenvalue weighted by Gasteiger charge is -2.36. The standard InChI is InChI=1S/C23H37N5O.HI/c1-4-24-23(25-8-7-21-16-19(2)15-20(3)17-21)28-13-11-26(12-14-28)18-22(29)27-9-5-6-10-27;/h15-17H,4-14,18H2,1-3H3,(H,24,25);1H. The van der Waals surface area contributed by atoms with E-state index in [1.165, 1.54) is 16.7 Å². The Kier molecular flexibility index (Phi) is 10.4. The molecule has 0 unspecified atom stereocenters. The number of halogens is 1. The first-order valence-electron chi connectivity index (χ1n) is 11.2. The van der Waals surface area contributed by atoms with E-state index >= 15 is 0 Å². The van der Waals surface area contributed by atoms with Gasteiger partial charge in [0.15, 0.2) is 5.96 Å². The van der Waals surface area contributed by atoms with Crippen molar-refractivity contribution in [2.24, 2.45) is 4.99 Å². The number of aliphatic imine (C=N–C) groups is 1. The van der Waals surface area contributed by atoms with Crippen LogP contribution in [-0.4, -0.2) is 85.5 Å². The molecule has 0 saturated carbocycles. The van der Waals surface area contributed by atoms with Crippen LogP contribution in [-0.2, 0) is 11.2 Å². The number of carbonyl (C=O) groups excluding carboxylic acids is 1. The summed E-state index contributed by atoms with van der Waals surface area (Å²) in [6.07, 6.45) is 3.27. The summed E-state index contributed by atoms with van der Waals surface area (Å²) >= 11 is 0. The van der Waals surface area contributed by atoms with Crippen LogP contribution in [0.4, 0.5) is 0 Å². The summed E-state index contributed by atoms with van der Waals surface area (Å²) in [6, 6.07) is 6.72. The number of hydrogen-bond donors (Lipinski definition) is 1. The topological polar surface area (TPSA) is 51.2 Å².